The van der Waals surface area contributed by atoms with Crippen LogP contribution < -0.4 is 10.9 Å². The molecule has 3 aromatic rings. The van der Waals surface area contributed by atoms with Crippen molar-refractivity contribution in [3.05, 3.63) is 65.0 Å². The molecular formula is C27H31BF3N3O2. The van der Waals surface area contributed by atoms with Gasteiger partial charge in [0, 0.05) is 36.2 Å². The van der Waals surface area contributed by atoms with Crippen LogP contribution in [0.3, 0.4) is 0 Å². The van der Waals surface area contributed by atoms with Gasteiger partial charge in [0.2, 0.25) is 5.91 Å². The molecule has 0 spiro atoms. The molecule has 0 saturated carbocycles. The number of carbonyl (C=O) groups is 1. The summed E-state index contributed by atoms with van der Waals surface area (Å²) in [5.74, 6) is -0.901. The second-order valence-corrected chi connectivity index (χ2v) is 9.82. The summed E-state index contributed by atoms with van der Waals surface area (Å²) in [6, 6.07) is 11.2. The van der Waals surface area contributed by atoms with Gasteiger partial charge in [-0.2, -0.15) is 0 Å². The van der Waals surface area contributed by atoms with Crippen LogP contribution in [0.15, 0.2) is 42.5 Å². The molecule has 1 saturated heterocycles. The largest absolute Gasteiger partial charge is 0.378 e. The molecule has 1 aliphatic heterocycles. The van der Waals surface area contributed by atoms with Crippen LogP contribution >= 0.6 is 0 Å². The van der Waals surface area contributed by atoms with Crippen LogP contribution in [0, 0.1) is 11.7 Å². The van der Waals surface area contributed by atoms with E-state index in [4.69, 9.17) is 4.74 Å². The summed E-state index contributed by atoms with van der Waals surface area (Å²) < 4.78 is 47.3. The number of rotatable bonds is 7. The fourth-order valence-electron chi connectivity index (χ4n) is 5.00. The van der Waals surface area contributed by atoms with Gasteiger partial charge in [-0.1, -0.05) is 38.1 Å². The highest BCUT2D eigenvalue weighted by Gasteiger charge is 2.42. The zero-order valence-corrected chi connectivity index (χ0v) is 21.2. The number of hydrogen-bond acceptors (Lipinski definition) is 4. The van der Waals surface area contributed by atoms with E-state index in [-0.39, 0.29) is 17.4 Å². The predicted octanol–water partition coefficient (Wildman–Crippen LogP) is 4.47. The number of hydrogen-bond donors (Lipinski definition) is 1. The fourth-order valence-corrected chi connectivity index (χ4v) is 5.00. The fraction of sp³-hybridized carbons (Fsp3) is 0.407. The highest BCUT2D eigenvalue weighted by atomic mass is 19.3. The number of benzene rings is 2. The smallest absolute Gasteiger partial charge is 0.266 e. The molecule has 36 heavy (non-hydrogen) atoms. The third-order valence-electron chi connectivity index (χ3n) is 7.02. The zero-order valence-electron chi connectivity index (χ0n) is 21.2. The monoisotopic (exact) mass is 497 g/mol. The number of nitrogens with one attached hydrogen (secondary N) is 1. The van der Waals surface area contributed by atoms with Crippen LogP contribution in [0.4, 0.5) is 18.9 Å². The molecule has 4 rings (SSSR count). The first-order valence-corrected chi connectivity index (χ1v) is 12.1. The Morgan fingerprint density at radius 2 is 1.89 bits per heavy atom. The first-order chi connectivity index (χ1) is 17.1. The van der Waals surface area contributed by atoms with Crippen molar-refractivity contribution in [1.29, 1.82) is 0 Å². The van der Waals surface area contributed by atoms with Gasteiger partial charge in [0.05, 0.1) is 23.7 Å². The van der Waals surface area contributed by atoms with E-state index in [0.29, 0.717) is 25.2 Å². The molecule has 1 amide bonds. The van der Waals surface area contributed by atoms with Gasteiger partial charge >= 0.3 is 0 Å². The standard InChI is InChI=1S/C27H31BF3N3O2/c1-15(2)26(35)34-11-10-27(14-34,36-4)17-8-9-21-20(12-17)22(13-23(28)33-21)32-16(3)18-6-5-7-19(24(18)29)25(30)31/h5-9,12-13,15-16,25H,10-11,14,28H2,1-4H3,(H,32,33)/t16-,27-/m1/s1. The van der Waals surface area contributed by atoms with Crippen molar-refractivity contribution in [2.24, 2.45) is 5.92 Å². The summed E-state index contributed by atoms with van der Waals surface area (Å²) in [4.78, 5) is 19.1. The molecule has 1 aliphatic rings. The number of amides is 1. The number of carbonyl (C=O) groups excluding carboxylic acids is 1. The summed E-state index contributed by atoms with van der Waals surface area (Å²) in [7, 11) is 3.52. The van der Waals surface area contributed by atoms with E-state index >= 15 is 0 Å². The molecule has 0 radical (unpaired) electrons. The quantitative estimate of drug-likeness (QED) is 0.490. The van der Waals surface area contributed by atoms with Crippen molar-refractivity contribution < 1.29 is 22.7 Å². The molecule has 0 aliphatic carbocycles. The third-order valence-corrected chi connectivity index (χ3v) is 7.02. The molecule has 0 unspecified atom stereocenters. The van der Waals surface area contributed by atoms with Crippen LogP contribution in [0.5, 0.6) is 0 Å². The maximum Gasteiger partial charge on any atom is 0.266 e. The summed E-state index contributed by atoms with van der Waals surface area (Å²) in [6.45, 7) is 6.57. The number of ether oxygens (including phenoxy) is 1. The van der Waals surface area contributed by atoms with Crippen LogP contribution in [0.1, 0.15) is 56.3 Å². The van der Waals surface area contributed by atoms with E-state index < -0.39 is 29.4 Å². The maximum atomic E-state index is 14.8. The Labute approximate surface area is 210 Å². The first kappa shape index (κ1) is 26.0. The number of halogens is 3. The van der Waals surface area contributed by atoms with Crippen LogP contribution in [0.25, 0.3) is 10.9 Å². The Bertz CT molecular complexity index is 1290. The summed E-state index contributed by atoms with van der Waals surface area (Å²) in [6.07, 6.45) is -2.22. The second-order valence-electron chi connectivity index (χ2n) is 9.82. The van der Waals surface area contributed by atoms with Gasteiger partial charge in [-0.05, 0) is 42.7 Å². The van der Waals surface area contributed by atoms with E-state index in [1.54, 1.807) is 14.0 Å². The third kappa shape index (κ3) is 4.81. The number of anilines is 1. The molecule has 2 aromatic carbocycles. The molecule has 0 bridgehead atoms. The van der Waals surface area contributed by atoms with Crippen molar-refractivity contribution in [2.45, 2.75) is 45.3 Å². The lowest BCUT2D eigenvalue weighted by molar-refractivity contribution is -0.134. The number of likely N-dealkylation sites (tertiary alicyclic amines) is 1. The normalized spacial score (nSPS) is 18.9. The number of methoxy groups -OCH3 is 1. The number of nitrogens with zero attached hydrogens (tertiary/aromatic N) is 2. The zero-order chi connectivity index (χ0) is 26.2. The molecule has 5 nitrogen and oxygen atoms in total. The number of fused-ring (bicyclic) bond motifs is 1. The minimum absolute atomic E-state index is 0.0937. The average Bonchev–Trinajstić information content (AvgIpc) is 3.29. The molecule has 2 heterocycles. The SMILES string of the molecule is Bc1cc(N[C@H](C)c2cccc(C(F)F)c2F)c2cc([C@@]3(OC)CCN(C(=O)C(C)C)C3)ccc2n1. The van der Waals surface area contributed by atoms with Gasteiger partial charge < -0.3 is 15.0 Å². The van der Waals surface area contributed by atoms with E-state index in [9.17, 15) is 18.0 Å². The molecule has 1 N–H and O–H groups in total. The Morgan fingerprint density at radius 1 is 1.17 bits per heavy atom. The van der Waals surface area contributed by atoms with Gasteiger partial charge in [0.25, 0.3) is 6.43 Å². The average molecular weight is 497 g/mol. The molecule has 2 atom stereocenters. The van der Waals surface area contributed by atoms with Crippen molar-refractivity contribution in [1.82, 2.24) is 9.88 Å². The van der Waals surface area contributed by atoms with E-state index in [2.05, 4.69) is 10.3 Å². The van der Waals surface area contributed by atoms with Gasteiger partial charge in [-0.25, -0.2) is 13.2 Å². The Kier molecular flexibility index (Phi) is 7.32. The molecule has 9 heteroatoms. The summed E-state index contributed by atoms with van der Waals surface area (Å²) in [5, 5.41) is 4.11. The number of alkyl halides is 2. The van der Waals surface area contributed by atoms with E-state index in [0.717, 1.165) is 28.1 Å². The van der Waals surface area contributed by atoms with Gasteiger partial charge in [0.1, 0.15) is 11.4 Å². The maximum absolute atomic E-state index is 14.8. The summed E-state index contributed by atoms with van der Waals surface area (Å²) in [5.41, 5.74) is 2.06. The van der Waals surface area contributed by atoms with Crippen molar-refractivity contribution in [3.63, 3.8) is 0 Å². The van der Waals surface area contributed by atoms with Crippen LogP contribution in [0.2, 0.25) is 0 Å². The lowest BCUT2D eigenvalue weighted by Crippen LogP contribution is -2.37. The highest BCUT2D eigenvalue weighted by molar-refractivity contribution is 6.31. The molecule has 1 fully saturated rings. The molecule has 190 valence electrons. The summed E-state index contributed by atoms with van der Waals surface area (Å²) >= 11 is 0. The molecular weight excluding hydrogens is 466 g/mol. The highest BCUT2D eigenvalue weighted by Crippen LogP contribution is 2.38. The topological polar surface area (TPSA) is 54.5 Å². The van der Waals surface area contributed by atoms with E-state index in [1.165, 1.54) is 12.1 Å². The van der Waals surface area contributed by atoms with Crippen molar-refractivity contribution in [2.75, 3.05) is 25.5 Å². The Morgan fingerprint density at radius 3 is 2.56 bits per heavy atom. The lowest BCUT2D eigenvalue weighted by atomic mass is 9.90. The second kappa shape index (κ2) is 10.1. The van der Waals surface area contributed by atoms with E-state index in [1.807, 2.05) is 50.9 Å². The van der Waals surface area contributed by atoms with Crippen molar-refractivity contribution >= 4 is 35.9 Å². The van der Waals surface area contributed by atoms with Crippen LogP contribution in [-0.4, -0.2) is 43.8 Å². The molecule has 1 aromatic heterocycles. The first-order valence-electron chi connectivity index (χ1n) is 12.1. The lowest BCUT2D eigenvalue weighted by Gasteiger charge is -2.29. The Balaban J connectivity index is 1.72. The Hall–Kier alpha value is -3.07. The van der Waals surface area contributed by atoms with Gasteiger partial charge in [-0.15, -0.1) is 0 Å². The number of aromatic nitrogens is 1. The van der Waals surface area contributed by atoms with Gasteiger partial charge in [-0.3, -0.25) is 9.78 Å². The minimum Gasteiger partial charge on any atom is -0.378 e. The minimum atomic E-state index is -2.89. The predicted molar refractivity (Wildman–Crippen MR) is 138 cm³/mol. The van der Waals surface area contributed by atoms with Crippen LogP contribution in [-0.2, 0) is 15.1 Å². The number of pyridine rings is 1. The van der Waals surface area contributed by atoms with Gasteiger partial charge in [0.15, 0.2) is 7.85 Å². The van der Waals surface area contributed by atoms with Crippen molar-refractivity contribution in [3.8, 4) is 0 Å².